The first kappa shape index (κ1) is 12.2. The number of rotatable bonds is 3. The van der Waals surface area contributed by atoms with Gasteiger partial charge in [-0.15, -0.1) is 0 Å². The van der Waals surface area contributed by atoms with Crippen molar-refractivity contribution in [1.29, 1.82) is 0 Å². The number of nitrogens with two attached hydrogens (primary N) is 1. The third-order valence-electron chi connectivity index (χ3n) is 3.00. The molecule has 1 aromatic carbocycles. The number of carboxylic acid groups (broad SMARTS) is 1. The summed E-state index contributed by atoms with van der Waals surface area (Å²) in [4.78, 5) is 24.1. The Bertz CT molecular complexity index is 501. The topological polar surface area (TPSA) is 92.9 Å². The van der Waals surface area contributed by atoms with Crippen LogP contribution in [0, 0.1) is 5.92 Å². The molecule has 3 N–H and O–H groups in total. The SMILES string of the molecule is COc1cc(N2CC(C(=O)O)CC2=O)ccc1N. The summed E-state index contributed by atoms with van der Waals surface area (Å²) in [5, 5.41) is 8.92. The fraction of sp³-hybridized carbons (Fsp3) is 0.333. The van der Waals surface area contributed by atoms with Crippen molar-refractivity contribution in [2.45, 2.75) is 6.42 Å². The summed E-state index contributed by atoms with van der Waals surface area (Å²) in [5.41, 5.74) is 6.77. The molecule has 1 atom stereocenters. The third-order valence-corrected chi connectivity index (χ3v) is 3.00. The van der Waals surface area contributed by atoms with Crippen LogP contribution in [0.15, 0.2) is 18.2 Å². The number of nitrogens with zero attached hydrogens (tertiary/aromatic N) is 1. The molecule has 1 heterocycles. The molecule has 2 rings (SSSR count). The predicted molar refractivity (Wildman–Crippen MR) is 65.5 cm³/mol. The maximum absolute atomic E-state index is 11.8. The van der Waals surface area contributed by atoms with Crippen molar-refractivity contribution in [1.82, 2.24) is 0 Å². The van der Waals surface area contributed by atoms with Gasteiger partial charge in [-0.1, -0.05) is 0 Å². The van der Waals surface area contributed by atoms with Gasteiger partial charge in [0.2, 0.25) is 5.91 Å². The van der Waals surface area contributed by atoms with Gasteiger partial charge in [-0.2, -0.15) is 0 Å². The highest BCUT2D eigenvalue weighted by molar-refractivity contribution is 5.99. The molecular weight excluding hydrogens is 236 g/mol. The first-order valence-corrected chi connectivity index (χ1v) is 5.49. The maximum Gasteiger partial charge on any atom is 0.308 e. The Morgan fingerprint density at radius 3 is 2.83 bits per heavy atom. The van der Waals surface area contributed by atoms with Crippen molar-refractivity contribution in [2.24, 2.45) is 5.92 Å². The van der Waals surface area contributed by atoms with E-state index in [2.05, 4.69) is 0 Å². The van der Waals surface area contributed by atoms with E-state index >= 15 is 0 Å². The average Bonchev–Trinajstić information content (AvgIpc) is 2.72. The lowest BCUT2D eigenvalue weighted by Crippen LogP contribution is -2.25. The zero-order valence-corrected chi connectivity index (χ0v) is 9.92. The lowest BCUT2D eigenvalue weighted by atomic mass is 10.1. The highest BCUT2D eigenvalue weighted by atomic mass is 16.5. The first-order chi connectivity index (χ1) is 8.52. The molecule has 96 valence electrons. The van der Waals surface area contributed by atoms with Crippen LogP contribution in [0.5, 0.6) is 5.75 Å². The Balaban J connectivity index is 2.27. The summed E-state index contributed by atoms with van der Waals surface area (Å²) in [6.45, 7) is 0.182. The Morgan fingerprint density at radius 1 is 1.56 bits per heavy atom. The number of carbonyl (C=O) groups excluding carboxylic acids is 1. The number of anilines is 2. The third kappa shape index (κ3) is 2.09. The number of ether oxygens (including phenoxy) is 1. The van der Waals surface area contributed by atoms with E-state index in [-0.39, 0.29) is 18.9 Å². The minimum atomic E-state index is -0.951. The Hall–Kier alpha value is -2.24. The van der Waals surface area contributed by atoms with Crippen LogP contribution in [0.3, 0.4) is 0 Å². The van der Waals surface area contributed by atoms with Crippen LogP contribution < -0.4 is 15.4 Å². The van der Waals surface area contributed by atoms with Gasteiger partial charge in [-0.3, -0.25) is 9.59 Å². The number of methoxy groups -OCH3 is 1. The number of aliphatic carboxylic acids is 1. The standard InChI is InChI=1S/C12H14N2O4/c1-18-10-5-8(2-3-9(10)13)14-6-7(12(16)17)4-11(14)15/h2-3,5,7H,4,6,13H2,1H3,(H,16,17). The van der Waals surface area contributed by atoms with Gasteiger partial charge < -0.3 is 20.5 Å². The van der Waals surface area contributed by atoms with Crippen molar-refractivity contribution < 1.29 is 19.4 Å². The van der Waals surface area contributed by atoms with E-state index in [4.69, 9.17) is 15.6 Å². The van der Waals surface area contributed by atoms with Crippen LogP contribution in [0.4, 0.5) is 11.4 Å². The highest BCUT2D eigenvalue weighted by Crippen LogP contribution is 2.31. The van der Waals surface area contributed by atoms with Gasteiger partial charge in [0.15, 0.2) is 0 Å². The van der Waals surface area contributed by atoms with Crippen molar-refractivity contribution in [3.8, 4) is 5.75 Å². The Kier molecular flexibility index (Phi) is 3.10. The lowest BCUT2D eigenvalue weighted by molar-refractivity contribution is -0.141. The summed E-state index contributed by atoms with van der Waals surface area (Å²) >= 11 is 0. The summed E-state index contributed by atoms with van der Waals surface area (Å²) in [7, 11) is 1.49. The molecule has 0 aromatic heterocycles. The molecule has 6 nitrogen and oxygen atoms in total. The second-order valence-electron chi connectivity index (χ2n) is 4.17. The molecule has 0 bridgehead atoms. The normalized spacial score (nSPS) is 19.1. The van der Waals surface area contributed by atoms with Crippen LogP contribution in [0.2, 0.25) is 0 Å². The second-order valence-corrected chi connectivity index (χ2v) is 4.17. The molecule has 1 unspecified atom stereocenters. The molecule has 0 spiro atoms. The number of amides is 1. The average molecular weight is 250 g/mol. The summed E-state index contributed by atoms with van der Waals surface area (Å²) in [6, 6.07) is 4.95. The zero-order valence-electron chi connectivity index (χ0n) is 9.92. The van der Waals surface area contributed by atoms with E-state index in [1.165, 1.54) is 12.0 Å². The van der Waals surface area contributed by atoms with Crippen molar-refractivity contribution in [3.05, 3.63) is 18.2 Å². The van der Waals surface area contributed by atoms with Crippen LogP contribution in [0.1, 0.15) is 6.42 Å². The van der Waals surface area contributed by atoms with E-state index in [1.807, 2.05) is 0 Å². The van der Waals surface area contributed by atoms with Gasteiger partial charge in [-0.25, -0.2) is 0 Å². The van der Waals surface area contributed by atoms with E-state index < -0.39 is 11.9 Å². The maximum atomic E-state index is 11.8. The molecule has 6 heteroatoms. The number of carboxylic acids is 1. The van der Waals surface area contributed by atoms with Crippen molar-refractivity contribution in [3.63, 3.8) is 0 Å². The molecule has 1 aromatic rings. The van der Waals surface area contributed by atoms with Crippen LogP contribution in [0.25, 0.3) is 0 Å². The Labute approximate surface area is 104 Å². The van der Waals surface area contributed by atoms with Gasteiger partial charge in [0.25, 0.3) is 0 Å². The molecule has 0 radical (unpaired) electrons. The van der Waals surface area contributed by atoms with Gasteiger partial charge in [-0.05, 0) is 12.1 Å². The van der Waals surface area contributed by atoms with E-state index in [0.717, 1.165) is 0 Å². The minimum Gasteiger partial charge on any atom is -0.495 e. The van der Waals surface area contributed by atoms with Gasteiger partial charge in [0.1, 0.15) is 5.75 Å². The molecular formula is C12H14N2O4. The number of nitrogen functional groups attached to an aromatic ring is 1. The lowest BCUT2D eigenvalue weighted by Gasteiger charge is -2.17. The fourth-order valence-corrected chi connectivity index (χ4v) is 1.99. The van der Waals surface area contributed by atoms with Crippen molar-refractivity contribution in [2.75, 3.05) is 24.3 Å². The minimum absolute atomic E-state index is 0.0298. The quantitative estimate of drug-likeness (QED) is 0.771. The molecule has 1 aliphatic rings. The second kappa shape index (κ2) is 4.56. The molecule has 1 fully saturated rings. The summed E-state index contributed by atoms with van der Waals surface area (Å²) < 4.78 is 5.08. The largest absolute Gasteiger partial charge is 0.495 e. The van der Waals surface area contributed by atoms with E-state index in [1.54, 1.807) is 18.2 Å². The highest BCUT2D eigenvalue weighted by Gasteiger charge is 2.35. The van der Waals surface area contributed by atoms with E-state index in [0.29, 0.717) is 17.1 Å². The fourth-order valence-electron chi connectivity index (χ4n) is 1.99. The summed E-state index contributed by atoms with van der Waals surface area (Å²) in [6.07, 6.45) is 0.0298. The number of benzene rings is 1. The summed E-state index contributed by atoms with van der Waals surface area (Å²) in [5.74, 6) is -1.33. The molecule has 1 aliphatic heterocycles. The smallest absolute Gasteiger partial charge is 0.308 e. The number of hydrogen-bond donors (Lipinski definition) is 2. The molecule has 0 saturated carbocycles. The van der Waals surface area contributed by atoms with Crippen LogP contribution >= 0.6 is 0 Å². The first-order valence-electron chi connectivity index (χ1n) is 5.49. The van der Waals surface area contributed by atoms with Gasteiger partial charge in [0, 0.05) is 24.7 Å². The number of hydrogen-bond acceptors (Lipinski definition) is 4. The molecule has 1 saturated heterocycles. The van der Waals surface area contributed by atoms with Gasteiger partial charge in [0.05, 0.1) is 18.7 Å². The zero-order chi connectivity index (χ0) is 13.3. The Morgan fingerprint density at radius 2 is 2.28 bits per heavy atom. The van der Waals surface area contributed by atoms with E-state index in [9.17, 15) is 9.59 Å². The molecule has 1 amide bonds. The monoisotopic (exact) mass is 250 g/mol. The number of carbonyl (C=O) groups is 2. The van der Waals surface area contributed by atoms with Gasteiger partial charge >= 0.3 is 5.97 Å². The van der Waals surface area contributed by atoms with Crippen LogP contribution in [-0.4, -0.2) is 30.6 Å². The predicted octanol–water partition coefficient (Wildman–Crippen LogP) is 0.715. The molecule has 0 aliphatic carbocycles. The van der Waals surface area contributed by atoms with Crippen molar-refractivity contribution >= 4 is 23.3 Å². The van der Waals surface area contributed by atoms with Crippen LogP contribution in [-0.2, 0) is 9.59 Å². The molecule has 18 heavy (non-hydrogen) atoms.